The first kappa shape index (κ1) is 24.9. The van der Waals surface area contributed by atoms with Gasteiger partial charge in [0, 0.05) is 32.3 Å². The number of carboxylic acid groups (broad SMARTS) is 1. The maximum atomic E-state index is 12.0. The van der Waals surface area contributed by atoms with Crippen molar-refractivity contribution in [3.8, 4) is 28.6 Å². The van der Waals surface area contributed by atoms with Crippen molar-refractivity contribution >= 4 is 46.4 Å². The number of hydrogen-bond acceptors (Lipinski definition) is 7. The van der Waals surface area contributed by atoms with Gasteiger partial charge in [-0.1, -0.05) is 0 Å². The largest absolute Gasteiger partial charge is 0.497 e. The zero-order valence-corrected chi connectivity index (χ0v) is 22.4. The van der Waals surface area contributed by atoms with Crippen LogP contribution < -0.4 is 9.47 Å². The Morgan fingerprint density at radius 3 is 2.31 bits per heavy atom. The standard InChI is InChI=1S/C25H22IN3O5S/c1-14-9-16(15(2)29(14)19-7-5-18(26)6-8-19)12-22(24(30)31)35-25-28-27-23(34-25)17-10-20(32-3)13-21(11-17)33-4/h5-13H,1-4H3,(H,30,31)/b22-12-. The van der Waals surface area contributed by atoms with Crippen molar-refractivity contribution in [2.45, 2.75) is 19.1 Å². The maximum Gasteiger partial charge on any atom is 0.342 e. The molecule has 0 fully saturated rings. The van der Waals surface area contributed by atoms with Gasteiger partial charge in [0.1, 0.15) is 16.4 Å². The Balaban J connectivity index is 1.64. The lowest BCUT2D eigenvalue weighted by Crippen LogP contribution is -2.00. The summed E-state index contributed by atoms with van der Waals surface area (Å²) in [6.45, 7) is 3.95. The monoisotopic (exact) mass is 603 g/mol. The number of aliphatic carboxylic acids is 1. The number of halogens is 1. The molecule has 4 aromatic rings. The molecule has 2 aromatic heterocycles. The van der Waals surface area contributed by atoms with Gasteiger partial charge in [0.2, 0.25) is 5.89 Å². The molecule has 0 bridgehead atoms. The maximum absolute atomic E-state index is 12.0. The second-order valence-corrected chi connectivity index (χ2v) is 9.77. The van der Waals surface area contributed by atoms with E-state index in [0.29, 0.717) is 17.1 Å². The third-order valence-corrected chi connectivity index (χ3v) is 6.83. The predicted octanol–water partition coefficient (Wildman–Crippen LogP) is 5.98. The van der Waals surface area contributed by atoms with Crippen molar-refractivity contribution in [1.82, 2.24) is 14.8 Å². The lowest BCUT2D eigenvalue weighted by molar-refractivity contribution is -0.131. The number of benzene rings is 2. The van der Waals surface area contributed by atoms with E-state index in [4.69, 9.17) is 13.9 Å². The molecule has 0 aliphatic heterocycles. The van der Waals surface area contributed by atoms with E-state index in [9.17, 15) is 9.90 Å². The summed E-state index contributed by atoms with van der Waals surface area (Å²) >= 11 is 3.16. The van der Waals surface area contributed by atoms with Gasteiger partial charge in [-0.15, -0.1) is 10.2 Å². The van der Waals surface area contributed by atoms with Crippen LogP contribution in [0.15, 0.2) is 63.1 Å². The second kappa shape index (κ2) is 10.6. The average Bonchev–Trinajstić information content (AvgIpc) is 3.43. The number of ether oxygens (including phenoxy) is 2. The number of aromatic nitrogens is 3. The van der Waals surface area contributed by atoms with E-state index in [-0.39, 0.29) is 16.0 Å². The summed E-state index contributed by atoms with van der Waals surface area (Å²) in [6, 6.07) is 15.3. The third kappa shape index (κ3) is 5.54. The van der Waals surface area contributed by atoms with Gasteiger partial charge in [0.25, 0.3) is 5.22 Å². The fourth-order valence-electron chi connectivity index (χ4n) is 3.59. The van der Waals surface area contributed by atoms with E-state index in [0.717, 1.165) is 38.0 Å². The molecule has 0 spiro atoms. The molecule has 0 saturated carbocycles. The number of hydrogen-bond donors (Lipinski definition) is 1. The highest BCUT2D eigenvalue weighted by Crippen LogP contribution is 2.34. The van der Waals surface area contributed by atoms with Crippen molar-refractivity contribution in [2.24, 2.45) is 0 Å². The topological polar surface area (TPSA) is 99.6 Å². The molecule has 8 nitrogen and oxygen atoms in total. The van der Waals surface area contributed by atoms with E-state index in [1.54, 1.807) is 38.5 Å². The molecule has 0 amide bonds. The summed E-state index contributed by atoms with van der Waals surface area (Å²) in [7, 11) is 3.10. The quantitative estimate of drug-likeness (QED) is 0.149. The zero-order valence-electron chi connectivity index (χ0n) is 19.4. The zero-order chi connectivity index (χ0) is 25.1. The van der Waals surface area contributed by atoms with Crippen LogP contribution in [0.2, 0.25) is 0 Å². The predicted molar refractivity (Wildman–Crippen MR) is 142 cm³/mol. The van der Waals surface area contributed by atoms with Crippen LogP contribution in [0.4, 0.5) is 0 Å². The normalized spacial score (nSPS) is 11.5. The van der Waals surface area contributed by atoms with Crippen molar-refractivity contribution in [3.63, 3.8) is 0 Å². The Hall–Kier alpha value is -3.25. The first-order valence-corrected chi connectivity index (χ1v) is 12.3. The molecule has 10 heteroatoms. The first-order valence-electron chi connectivity index (χ1n) is 10.4. The van der Waals surface area contributed by atoms with Crippen LogP contribution in [0, 0.1) is 17.4 Å². The van der Waals surface area contributed by atoms with Crippen molar-refractivity contribution in [1.29, 1.82) is 0 Å². The summed E-state index contributed by atoms with van der Waals surface area (Å²) < 4.78 is 19.5. The van der Waals surface area contributed by atoms with Crippen molar-refractivity contribution < 1.29 is 23.8 Å². The minimum atomic E-state index is -1.09. The average molecular weight is 603 g/mol. The Bertz CT molecular complexity index is 1390. The summed E-state index contributed by atoms with van der Waals surface area (Å²) in [5.41, 5.74) is 4.33. The van der Waals surface area contributed by atoms with E-state index in [1.165, 1.54) is 0 Å². The van der Waals surface area contributed by atoms with E-state index in [1.807, 2.05) is 44.2 Å². The summed E-state index contributed by atoms with van der Waals surface area (Å²) in [5, 5.41) is 18.1. The summed E-state index contributed by atoms with van der Waals surface area (Å²) in [4.78, 5) is 12.1. The van der Waals surface area contributed by atoms with Gasteiger partial charge in [0.05, 0.1) is 14.2 Å². The van der Waals surface area contributed by atoms with Crippen LogP contribution in [0.5, 0.6) is 11.5 Å². The number of carboxylic acids is 1. The molecule has 0 radical (unpaired) electrons. The minimum absolute atomic E-state index is 0.0614. The third-order valence-electron chi connectivity index (χ3n) is 5.25. The minimum Gasteiger partial charge on any atom is -0.497 e. The Kier molecular flexibility index (Phi) is 7.51. The van der Waals surface area contributed by atoms with E-state index >= 15 is 0 Å². The van der Waals surface area contributed by atoms with Gasteiger partial charge in [-0.25, -0.2) is 4.79 Å². The van der Waals surface area contributed by atoms with Gasteiger partial charge >= 0.3 is 5.97 Å². The van der Waals surface area contributed by atoms with Crippen LogP contribution in [0.3, 0.4) is 0 Å². The van der Waals surface area contributed by atoms with Gasteiger partial charge in [-0.2, -0.15) is 0 Å². The van der Waals surface area contributed by atoms with Gasteiger partial charge in [-0.05, 0) is 102 Å². The fourth-order valence-corrected chi connectivity index (χ4v) is 4.61. The smallest absolute Gasteiger partial charge is 0.342 e. The molecule has 0 aliphatic carbocycles. The molecule has 0 aliphatic rings. The first-order chi connectivity index (χ1) is 16.8. The highest BCUT2D eigenvalue weighted by atomic mass is 127. The Morgan fingerprint density at radius 2 is 1.71 bits per heavy atom. The number of thioether (sulfide) groups is 1. The van der Waals surface area contributed by atoms with Gasteiger partial charge in [-0.3, -0.25) is 0 Å². The molecule has 0 atom stereocenters. The number of rotatable bonds is 8. The fraction of sp³-hybridized carbons (Fsp3) is 0.160. The molecule has 1 N–H and O–H groups in total. The molecule has 0 saturated heterocycles. The number of carbonyl (C=O) groups is 1. The van der Waals surface area contributed by atoms with Crippen LogP contribution in [0.1, 0.15) is 17.0 Å². The lowest BCUT2D eigenvalue weighted by Gasteiger charge is -2.09. The van der Waals surface area contributed by atoms with Crippen LogP contribution >= 0.6 is 34.4 Å². The molecule has 0 unspecified atom stereocenters. The second-order valence-electron chi connectivity index (χ2n) is 7.53. The molecular formula is C25H22IN3O5S. The van der Waals surface area contributed by atoms with Crippen LogP contribution in [-0.2, 0) is 4.79 Å². The highest BCUT2D eigenvalue weighted by molar-refractivity contribution is 14.1. The van der Waals surface area contributed by atoms with Crippen molar-refractivity contribution in [3.05, 3.63) is 74.0 Å². The van der Waals surface area contributed by atoms with Gasteiger partial charge < -0.3 is 23.6 Å². The highest BCUT2D eigenvalue weighted by Gasteiger charge is 2.19. The molecule has 4 rings (SSSR count). The van der Waals surface area contributed by atoms with Crippen molar-refractivity contribution in [2.75, 3.05) is 14.2 Å². The number of nitrogens with zero attached hydrogens (tertiary/aromatic N) is 3. The number of methoxy groups -OCH3 is 2. The number of aryl methyl sites for hydroxylation is 1. The SMILES string of the molecule is COc1cc(OC)cc(-c2nnc(S/C(=C\c3cc(C)n(-c4ccc(I)cc4)c3C)C(=O)O)o2)c1. The Labute approximate surface area is 220 Å². The summed E-state index contributed by atoms with van der Waals surface area (Å²) in [5.74, 6) is 0.283. The molecule has 35 heavy (non-hydrogen) atoms. The summed E-state index contributed by atoms with van der Waals surface area (Å²) in [6.07, 6.45) is 1.62. The van der Waals surface area contributed by atoms with Crippen LogP contribution in [-0.4, -0.2) is 40.1 Å². The molecular weight excluding hydrogens is 581 g/mol. The van der Waals surface area contributed by atoms with E-state index < -0.39 is 5.97 Å². The lowest BCUT2D eigenvalue weighted by atomic mass is 10.2. The van der Waals surface area contributed by atoms with Gasteiger partial charge in [0.15, 0.2) is 0 Å². The van der Waals surface area contributed by atoms with Crippen LogP contribution in [0.25, 0.3) is 23.2 Å². The Morgan fingerprint density at radius 1 is 1.06 bits per heavy atom. The molecule has 2 heterocycles. The molecule has 2 aromatic carbocycles. The van der Waals surface area contributed by atoms with E-state index in [2.05, 4.69) is 37.4 Å². The molecule has 180 valence electrons.